The summed E-state index contributed by atoms with van der Waals surface area (Å²) in [5.74, 6) is 1.27. The molecule has 0 aliphatic carbocycles. The summed E-state index contributed by atoms with van der Waals surface area (Å²) in [5.41, 5.74) is 0.633. The van der Waals surface area contributed by atoms with Crippen LogP contribution in [0.3, 0.4) is 0 Å². The Morgan fingerprint density at radius 2 is 1.38 bits per heavy atom. The van der Waals surface area contributed by atoms with E-state index in [0.717, 1.165) is 17.5 Å². The number of nitrogens with zero attached hydrogens (tertiary/aromatic N) is 4. The number of para-hydroxylation sites is 3. The molecule has 1 fully saturated rings. The van der Waals surface area contributed by atoms with Gasteiger partial charge in [0.15, 0.2) is 5.69 Å². The van der Waals surface area contributed by atoms with Gasteiger partial charge in [-0.1, -0.05) is 24.3 Å². The lowest BCUT2D eigenvalue weighted by Crippen LogP contribution is -2.47. The van der Waals surface area contributed by atoms with Crippen LogP contribution in [0.5, 0.6) is 11.5 Å². The lowest BCUT2D eigenvalue weighted by molar-refractivity contribution is -0.141. The van der Waals surface area contributed by atoms with Crippen LogP contribution in [-0.4, -0.2) is 50.4 Å². The van der Waals surface area contributed by atoms with Gasteiger partial charge in [-0.3, -0.25) is 0 Å². The van der Waals surface area contributed by atoms with Gasteiger partial charge in [0.05, 0.1) is 25.6 Å². The van der Waals surface area contributed by atoms with Crippen molar-refractivity contribution in [3.05, 3.63) is 60.3 Å². The maximum Gasteiger partial charge on any atom is 0.433 e. The average molecular weight is 444 g/mol. The van der Waals surface area contributed by atoms with Crippen molar-refractivity contribution in [1.29, 1.82) is 0 Å². The summed E-state index contributed by atoms with van der Waals surface area (Å²) >= 11 is 0. The highest BCUT2D eigenvalue weighted by Gasteiger charge is 2.35. The van der Waals surface area contributed by atoms with E-state index < -0.39 is 11.9 Å². The molecule has 0 bridgehead atoms. The zero-order valence-electron chi connectivity index (χ0n) is 17.8. The normalized spacial score (nSPS) is 14.4. The fraction of sp³-hybridized carbons (Fsp3) is 0.304. The summed E-state index contributed by atoms with van der Waals surface area (Å²) in [4.78, 5) is 12.2. The van der Waals surface area contributed by atoms with Gasteiger partial charge in [-0.25, -0.2) is 9.97 Å². The first-order chi connectivity index (χ1) is 15.4. The van der Waals surface area contributed by atoms with E-state index in [2.05, 4.69) is 14.9 Å². The first-order valence-corrected chi connectivity index (χ1v) is 10.1. The molecule has 0 unspecified atom stereocenters. The lowest BCUT2D eigenvalue weighted by atomic mass is 10.1. The molecular weight excluding hydrogens is 421 g/mol. The highest BCUT2D eigenvalue weighted by Crippen LogP contribution is 2.35. The number of hydrogen-bond donors (Lipinski definition) is 0. The van der Waals surface area contributed by atoms with E-state index in [4.69, 9.17) is 9.47 Å². The van der Waals surface area contributed by atoms with E-state index >= 15 is 0 Å². The molecule has 0 spiro atoms. The first kappa shape index (κ1) is 21.7. The molecule has 168 valence electrons. The summed E-state index contributed by atoms with van der Waals surface area (Å²) in [7, 11) is 3.09. The van der Waals surface area contributed by atoms with Crippen molar-refractivity contribution in [2.24, 2.45) is 0 Å². The van der Waals surface area contributed by atoms with Gasteiger partial charge in [-0.2, -0.15) is 13.2 Å². The minimum Gasteiger partial charge on any atom is -0.496 e. The number of halogens is 3. The van der Waals surface area contributed by atoms with Crippen molar-refractivity contribution in [2.75, 3.05) is 50.2 Å². The van der Waals surface area contributed by atoms with Crippen LogP contribution < -0.4 is 19.3 Å². The van der Waals surface area contributed by atoms with E-state index in [-0.39, 0.29) is 11.6 Å². The Bertz CT molecular complexity index is 1080. The highest BCUT2D eigenvalue weighted by molar-refractivity contribution is 5.68. The van der Waals surface area contributed by atoms with Gasteiger partial charge in [0.25, 0.3) is 0 Å². The second-order valence-corrected chi connectivity index (χ2v) is 7.28. The number of ether oxygens (including phenoxy) is 2. The van der Waals surface area contributed by atoms with Crippen LogP contribution >= 0.6 is 0 Å². The number of rotatable bonds is 5. The Kier molecular flexibility index (Phi) is 6.07. The molecule has 3 aromatic rings. The number of methoxy groups -OCH3 is 2. The maximum atomic E-state index is 13.6. The van der Waals surface area contributed by atoms with Gasteiger partial charge in [0, 0.05) is 31.7 Å². The number of aromatic nitrogens is 2. The summed E-state index contributed by atoms with van der Waals surface area (Å²) in [5, 5.41) is 0. The summed E-state index contributed by atoms with van der Waals surface area (Å²) in [6.07, 6.45) is -4.59. The predicted molar refractivity (Wildman–Crippen MR) is 116 cm³/mol. The number of benzene rings is 2. The van der Waals surface area contributed by atoms with Crippen molar-refractivity contribution < 1.29 is 22.6 Å². The quantitative estimate of drug-likeness (QED) is 0.577. The Hall–Kier alpha value is -3.49. The molecule has 1 aliphatic rings. The number of piperazine rings is 1. The average Bonchev–Trinajstić information content (AvgIpc) is 2.83. The van der Waals surface area contributed by atoms with Crippen molar-refractivity contribution in [2.45, 2.75) is 6.18 Å². The zero-order valence-corrected chi connectivity index (χ0v) is 17.8. The monoisotopic (exact) mass is 444 g/mol. The van der Waals surface area contributed by atoms with Gasteiger partial charge in [0.2, 0.25) is 5.95 Å². The minimum atomic E-state index is -4.59. The second-order valence-electron chi connectivity index (χ2n) is 7.28. The molecule has 2 heterocycles. The maximum absolute atomic E-state index is 13.6. The standard InChI is InChI=1S/C23H23F3N4O2/c1-31-19-9-5-3-7-16(19)17-15-21(23(24,25)26)28-22(27-17)30-13-11-29(12-14-30)18-8-4-6-10-20(18)32-2/h3-10,15H,11-14H2,1-2H3. The fourth-order valence-electron chi connectivity index (χ4n) is 3.75. The van der Waals surface area contributed by atoms with E-state index in [1.54, 1.807) is 36.3 Å². The van der Waals surface area contributed by atoms with Gasteiger partial charge in [-0.05, 0) is 30.3 Å². The molecule has 0 radical (unpaired) electrons. The predicted octanol–water partition coefficient (Wildman–Crippen LogP) is 4.51. The van der Waals surface area contributed by atoms with Gasteiger partial charge in [-0.15, -0.1) is 0 Å². The SMILES string of the molecule is COc1ccccc1-c1cc(C(F)(F)F)nc(N2CCN(c3ccccc3OC)CC2)n1. The van der Waals surface area contributed by atoms with E-state index in [0.29, 0.717) is 37.5 Å². The fourth-order valence-corrected chi connectivity index (χ4v) is 3.75. The molecule has 0 N–H and O–H groups in total. The number of anilines is 2. The van der Waals surface area contributed by atoms with Crippen LogP contribution in [0.15, 0.2) is 54.6 Å². The van der Waals surface area contributed by atoms with Crippen LogP contribution in [0.25, 0.3) is 11.3 Å². The summed E-state index contributed by atoms with van der Waals surface area (Å²) < 4.78 is 51.6. The topological polar surface area (TPSA) is 50.7 Å². The molecular formula is C23H23F3N4O2. The van der Waals surface area contributed by atoms with Crippen molar-refractivity contribution >= 4 is 11.6 Å². The molecule has 4 rings (SSSR count). The molecule has 1 aliphatic heterocycles. The number of hydrogen-bond acceptors (Lipinski definition) is 6. The zero-order chi connectivity index (χ0) is 22.7. The molecule has 0 atom stereocenters. The Balaban J connectivity index is 1.64. The van der Waals surface area contributed by atoms with Crippen molar-refractivity contribution in [3.63, 3.8) is 0 Å². The summed E-state index contributed by atoms with van der Waals surface area (Å²) in [6, 6.07) is 15.5. The van der Waals surface area contributed by atoms with Crippen LogP contribution in [0, 0.1) is 0 Å². The van der Waals surface area contributed by atoms with E-state index in [9.17, 15) is 13.2 Å². The van der Waals surface area contributed by atoms with E-state index in [1.807, 2.05) is 24.3 Å². The molecule has 9 heteroatoms. The van der Waals surface area contributed by atoms with Crippen LogP contribution in [0.2, 0.25) is 0 Å². The largest absolute Gasteiger partial charge is 0.496 e. The molecule has 32 heavy (non-hydrogen) atoms. The van der Waals surface area contributed by atoms with Crippen molar-refractivity contribution in [3.8, 4) is 22.8 Å². The van der Waals surface area contributed by atoms with Crippen molar-refractivity contribution in [1.82, 2.24) is 9.97 Å². The Morgan fingerprint density at radius 3 is 2.03 bits per heavy atom. The summed E-state index contributed by atoms with van der Waals surface area (Å²) in [6.45, 7) is 2.16. The van der Waals surface area contributed by atoms with Gasteiger partial charge >= 0.3 is 6.18 Å². The highest BCUT2D eigenvalue weighted by atomic mass is 19.4. The Labute approximate surface area is 184 Å². The van der Waals surface area contributed by atoms with Crippen LogP contribution in [0.1, 0.15) is 5.69 Å². The first-order valence-electron chi connectivity index (χ1n) is 10.1. The Morgan fingerprint density at radius 1 is 0.781 bits per heavy atom. The third-order valence-electron chi connectivity index (χ3n) is 5.38. The van der Waals surface area contributed by atoms with E-state index in [1.165, 1.54) is 7.11 Å². The van der Waals surface area contributed by atoms with Crippen LogP contribution in [-0.2, 0) is 6.18 Å². The molecule has 0 saturated carbocycles. The van der Waals surface area contributed by atoms with Gasteiger partial charge < -0.3 is 19.3 Å². The van der Waals surface area contributed by atoms with Gasteiger partial charge in [0.1, 0.15) is 11.5 Å². The number of alkyl halides is 3. The molecule has 6 nitrogen and oxygen atoms in total. The molecule has 1 aromatic heterocycles. The smallest absolute Gasteiger partial charge is 0.433 e. The molecule has 2 aromatic carbocycles. The lowest BCUT2D eigenvalue weighted by Gasteiger charge is -2.36. The molecule has 1 saturated heterocycles. The third kappa shape index (κ3) is 4.42. The second kappa shape index (κ2) is 8.94. The minimum absolute atomic E-state index is 0.0559. The molecule has 0 amide bonds. The van der Waals surface area contributed by atoms with Crippen LogP contribution in [0.4, 0.5) is 24.8 Å². The third-order valence-corrected chi connectivity index (χ3v) is 5.38.